The van der Waals surface area contributed by atoms with E-state index in [1.54, 1.807) is 21.0 Å². The molecule has 2 unspecified atom stereocenters. The molecule has 6 heteroatoms. The molecule has 0 spiro atoms. The van der Waals surface area contributed by atoms with Gasteiger partial charge in [0.1, 0.15) is 6.04 Å². The highest BCUT2D eigenvalue weighted by Crippen LogP contribution is 2.01. The molecule has 1 rings (SSSR count). The summed E-state index contributed by atoms with van der Waals surface area (Å²) in [6.07, 6.45) is 0.198. The standard InChI is InChI=1S/C11H21N3O3/c1-8(11(16)14(2)3)13-10(15)6-9-7-12-4-5-17-9/h8-9,12H,4-7H2,1-3H3,(H,13,15). The molecule has 2 N–H and O–H groups in total. The Morgan fingerprint density at radius 3 is 2.76 bits per heavy atom. The number of likely N-dealkylation sites (N-methyl/N-ethyl adjacent to an activating group) is 1. The Labute approximate surface area is 102 Å². The zero-order valence-electron chi connectivity index (χ0n) is 10.7. The molecule has 1 heterocycles. The Morgan fingerprint density at radius 1 is 1.53 bits per heavy atom. The minimum atomic E-state index is -0.492. The molecule has 0 aliphatic carbocycles. The predicted molar refractivity (Wildman–Crippen MR) is 63.5 cm³/mol. The second-order valence-corrected chi connectivity index (χ2v) is 4.42. The predicted octanol–water partition coefficient (Wildman–Crippen LogP) is -1.04. The van der Waals surface area contributed by atoms with Crippen molar-refractivity contribution in [3.8, 4) is 0 Å². The molecule has 2 atom stereocenters. The number of ether oxygens (including phenoxy) is 1. The van der Waals surface area contributed by atoms with Crippen LogP contribution in [0.15, 0.2) is 0 Å². The van der Waals surface area contributed by atoms with Crippen molar-refractivity contribution >= 4 is 11.8 Å². The summed E-state index contributed by atoms with van der Waals surface area (Å²) in [6.45, 7) is 3.82. The summed E-state index contributed by atoms with van der Waals surface area (Å²) < 4.78 is 5.42. The van der Waals surface area contributed by atoms with E-state index in [-0.39, 0.29) is 24.3 Å². The molecule has 0 radical (unpaired) electrons. The Morgan fingerprint density at radius 2 is 2.24 bits per heavy atom. The summed E-state index contributed by atoms with van der Waals surface area (Å²) in [5.74, 6) is -0.262. The number of nitrogens with zero attached hydrogens (tertiary/aromatic N) is 1. The van der Waals surface area contributed by atoms with Crippen molar-refractivity contribution in [1.82, 2.24) is 15.5 Å². The molecule has 0 aromatic carbocycles. The lowest BCUT2D eigenvalue weighted by Gasteiger charge is -2.24. The number of morpholine rings is 1. The minimum Gasteiger partial charge on any atom is -0.375 e. The molecule has 1 aliphatic rings. The highest BCUT2D eigenvalue weighted by Gasteiger charge is 2.21. The molecular formula is C11H21N3O3. The average molecular weight is 243 g/mol. The van der Waals surface area contributed by atoms with E-state index < -0.39 is 6.04 Å². The molecule has 1 saturated heterocycles. The molecule has 0 bridgehead atoms. The van der Waals surface area contributed by atoms with Gasteiger partial charge in [0.25, 0.3) is 0 Å². The highest BCUT2D eigenvalue weighted by atomic mass is 16.5. The molecule has 0 aromatic heterocycles. The molecule has 1 fully saturated rings. The number of hydrogen-bond donors (Lipinski definition) is 2. The summed E-state index contributed by atoms with van der Waals surface area (Å²) >= 11 is 0. The molecule has 98 valence electrons. The summed E-state index contributed by atoms with van der Waals surface area (Å²) in [5.41, 5.74) is 0. The number of hydrogen-bond acceptors (Lipinski definition) is 4. The van der Waals surface area contributed by atoms with E-state index in [4.69, 9.17) is 4.74 Å². The van der Waals surface area contributed by atoms with Gasteiger partial charge >= 0.3 is 0 Å². The monoisotopic (exact) mass is 243 g/mol. The highest BCUT2D eigenvalue weighted by molar-refractivity contribution is 5.87. The van der Waals surface area contributed by atoms with Crippen LogP contribution in [-0.4, -0.2) is 62.7 Å². The van der Waals surface area contributed by atoms with E-state index in [0.717, 1.165) is 6.54 Å². The Bertz CT molecular complexity index is 275. The van der Waals surface area contributed by atoms with E-state index in [0.29, 0.717) is 13.2 Å². The molecule has 17 heavy (non-hydrogen) atoms. The minimum absolute atomic E-state index is 0.0922. The van der Waals surface area contributed by atoms with Gasteiger partial charge in [0, 0.05) is 27.2 Å². The van der Waals surface area contributed by atoms with Crippen molar-refractivity contribution in [1.29, 1.82) is 0 Å². The molecular weight excluding hydrogens is 222 g/mol. The maximum absolute atomic E-state index is 11.7. The number of amides is 2. The third-order valence-electron chi connectivity index (χ3n) is 2.61. The van der Waals surface area contributed by atoms with Crippen molar-refractivity contribution in [3.05, 3.63) is 0 Å². The van der Waals surface area contributed by atoms with Crippen LogP contribution in [0.5, 0.6) is 0 Å². The van der Waals surface area contributed by atoms with Gasteiger partial charge in [-0.1, -0.05) is 0 Å². The van der Waals surface area contributed by atoms with E-state index in [1.165, 1.54) is 4.90 Å². The van der Waals surface area contributed by atoms with Gasteiger partial charge in [-0.25, -0.2) is 0 Å². The second kappa shape index (κ2) is 6.56. The molecule has 0 saturated carbocycles. The zero-order valence-corrected chi connectivity index (χ0v) is 10.7. The first-order valence-corrected chi connectivity index (χ1v) is 5.83. The first kappa shape index (κ1) is 13.9. The van der Waals surface area contributed by atoms with Gasteiger partial charge in [0.15, 0.2) is 0 Å². The van der Waals surface area contributed by atoms with Crippen LogP contribution >= 0.6 is 0 Å². The maximum atomic E-state index is 11.7. The molecule has 0 aromatic rings. The smallest absolute Gasteiger partial charge is 0.244 e. The van der Waals surface area contributed by atoms with Crippen LogP contribution in [0.1, 0.15) is 13.3 Å². The maximum Gasteiger partial charge on any atom is 0.244 e. The molecule has 6 nitrogen and oxygen atoms in total. The van der Waals surface area contributed by atoms with Gasteiger partial charge in [-0.15, -0.1) is 0 Å². The van der Waals surface area contributed by atoms with E-state index in [2.05, 4.69) is 10.6 Å². The van der Waals surface area contributed by atoms with Crippen LogP contribution in [0.4, 0.5) is 0 Å². The van der Waals surface area contributed by atoms with E-state index in [1.807, 2.05) is 0 Å². The zero-order chi connectivity index (χ0) is 12.8. The van der Waals surface area contributed by atoms with Gasteiger partial charge in [0.2, 0.25) is 11.8 Å². The van der Waals surface area contributed by atoms with Gasteiger partial charge in [-0.3, -0.25) is 9.59 Å². The fourth-order valence-corrected chi connectivity index (χ4v) is 1.71. The Kier molecular flexibility index (Phi) is 5.37. The van der Waals surface area contributed by atoms with Crippen molar-refractivity contribution in [2.45, 2.75) is 25.5 Å². The summed E-state index contributed by atoms with van der Waals surface area (Å²) in [4.78, 5) is 24.7. The Balaban J connectivity index is 2.30. The van der Waals surface area contributed by atoms with Crippen LogP contribution in [-0.2, 0) is 14.3 Å². The van der Waals surface area contributed by atoms with Gasteiger partial charge in [-0.05, 0) is 6.92 Å². The first-order chi connectivity index (χ1) is 8.00. The van der Waals surface area contributed by atoms with Crippen molar-refractivity contribution in [2.24, 2.45) is 0 Å². The van der Waals surface area contributed by atoms with Gasteiger partial charge in [-0.2, -0.15) is 0 Å². The topological polar surface area (TPSA) is 70.7 Å². The number of rotatable bonds is 4. The SMILES string of the molecule is CC(NC(=O)CC1CNCCO1)C(=O)N(C)C. The third kappa shape index (κ3) is 4.70. The van der Waals surface area contributed by atoms with E-state index >= 15 is 0 Å². The normalized spacial score (nSPS) is 21.7. The second-order valence-electron chi connectivity index (χ2n) is 4.42. The number of carbonyl (C=O) groups is 2. The largest absolute Gasteiger partial charge is 0.375 e. The fraction of sp³-hybridized carbons (Fsp3) is 0.818. The Hall–Kier alpha value is -1.14. The van der Waals surface area contributed by atoms with Crippen molar-refractivity contribution in [2.75, 3.05) is 33.8 Å². The lowest BCUT2D eigenvalue weighted by Crippen LogP contribution is -2.47. The quantitative estimate of drug-likeness (QED) is 0.661. The van der Waals surface area contributed by atoms with Crippen LogP contribution in [0.3, 0.4) is 0 Å². The van der Waals surface area contributed by atoms with Crippen LogP contribution < -0.4 is 10.6 Å². The third-order valence-corrected chi connectivity index (χ3v) is 2.61. The van der Waals surface area contributed by atoms with Crippen LogP contribution in [0.25, 0.3) is 0 Å². The first-order valence-electron chi connectivity index (χ1n) is 5.83. The van der Waals surface area contributed by atoms with Crippen LogP contribution in [0.2, 0.25) is 0 Å². The number of carbonyl (C=O) groups excluding carboxylic acids is 2. The van der Waals surface area contributed by atoms with Crippen LogP contribution in [0, 0.1) is 0 Å². The number of nitrogens with one attached hydrogen (secondary N) is 2. The molecule has 1 aliphatic heterocycles. The van der Waals surface area contributed by atoms with Gasteiger partial charge in [0.05, 0.1) is 19.1 Å². The van der Waals surface area contributed by atoms with Crippen molar-refractivity contribution < 1.29 is 14.3 Å². The molecule has 2 amide bonds. The average Bonchev–Trinajstić information content (AvgIpc) is 2.28. The van der Waals surface area contributed by atoms with Gasteiger partial charge < -0.3 is 20.3 Å². The fourth-order valence-electron chi connectivity index (χ4n) is 1.71. The van der Waals surface area contributed by atoms with E-state index in [9.17, 15) is 9.59 Å². The summed E-state index contributed by atoms with van der Waals surface area (Å²) in [6, 6.07) is -0.492. The summed E-state index contributed by atoms with van der Waals surface area (Å²) in [7, 11) is 3.33. The van der Waals surface area contributed by atoms with Crippen molar-refractivity contribution in [3.63, 3.8) is 0 Å². The summed E-state index contributed by atoms with van der Waals surface area (Å²) in [5, 5.41) is 5.82. The lowest BCUT2D eigenvalue weighted by molar-refractivity contribution is -0.134. The lowest BCUT2D eigenvalue weighted by atomic mass is 10.2.